The Morgan fingerprint density at radius 2 is 1.48 bits per heavy atom. The molecule has 0 aliphatic rings. The van der Waals surface area contributed by atoms with Crippen LogP contribution in [0.1, 0.15) is 33.6 Å². The quantitative estimate of drug-likeness (QED) is 0.388. The summed E-state index contributed by atoms with van der Waals surface area (Å²) < 4.78 is 2.10. The normalized spacial score (nSPS) is 11.2. The average molecular weight is 411 g/mol. The van der Waals surface area contributed by atoms with Gasteiger partial charge in [0, 0.05) is 43.3 Å². The van der Waals surface area contributed by atoms with Crippen LogP contribution in [0, 0.1) is 20.8 Å². The largest absolute Gasteiger partial charge is 0.294 e. The third-order valence-corrected chi connectivity index (χ3v) is 5.88. The molecular weight excluding hydrogens is 380 g/mol. The van der Waals surface area contributed by atoms with E-state index in [1.807, 2.05) is 12.4 Å². The van der Waals surface area contributed by atoms with Gasteiger partial charge in [0.1, 0.15) is 0 Å². The van der Waals surface area contributed by atoms with Gasteiger partial charge < -0.3 is 0 Å². The molecule has 31 heavy (non-hydrogen) atoms. The Morgan fingerprint density at radius 3 is 2.23 bits per heavy atom. The van der Waals surface area contributed by atoms with Gasteiger partial charge in [0.05, 0.1) is 11.4 Å². The minimum atomic E-state index is 0.874. The molecule has 0 bridgehead atoms. The molecule has 0 saturated heterocycles. The molecule has 0 aliphatic carbocycles. The number of hydrogen-bond donors (Lipinski definition) is 0. The third kappa shape index (κ3) is 5.09. The third-order valence-electron chi connectivity index (χ3n) is 5.88. The van der Waals surface area contributed by atoms with Crippen molar-refractivity contribution < 1.29 is 0 Å². The van der Waals surface area contributed by atoms with Gasteiger partial charge in [-0.25, -0.2) is 4.68 Å². The van der Waals surface area contributed by atoms with Gasteiger partial charge >= 0.3 is 0 Å². The molecule has 4 nitrogen and oxygen atoms in total. The number of rotatable bonds is 8. The predicted molar refractivity (Wildman–Crippen MR) is 126 cm³/mol. The molecule has 4 rings (SSSR count). The maximum Gasteiger partial charge on any atom is 0.0678 e. The van der Waals surface area contributed by atoms with E-state index in [1.165, 1.54) is 27.9 Å². The van der Waals surface area contributed by atoms with Crippen LogP contribution in [0.5, 0.6) is 0 Å². The summed E-state index contributed by atoms with van der Waals surface area (Å²) in [6.07, 6.45) is 4.77. The van der Waals surface area contributed by atoms with Gasteiger partial charge in [0.15, 0.2) is 0 Å². The molecule has 2 aromatic heterocycles. The number of aromatic nitrogens is 3. The van der Waals surface area contributed by atoms with Crippen molar-refractivity contribution in [1.82, 2.24) is 19.7 Å². The summed E-state index contributed by atoms with van der Waals surface area (Å²) in [5.74, 6) is 0. The minimum absolute atomic E-state index is 0.874. The van der Waals surface area contributed by atoms with Crippen molar-refractivity contribution >= 4 is 0 Å². The van der Waals surface area contributed by atoms with E-state index < -0.39 is 0 Å². The first-order valence-electron chi connectivity index (χ1n) is 10.9. The minimum Gasteiger partial charge on any atom is -0.294 e. The van der Waals surface area contributed by atoms with Gasteiger partial charge in [0.25, 0.3) is 0 Å². The van der Waals surface area contributed by atoms with Gasteiger partial charge in [-0.05, 0) is 62.1 Å². The van der Waals surface area contributed by atoms with Crippen LogP contribution in [0.3, 0.4) is 0 Å². The monoisotopic (exact) mass is 410 g/mol. The molecule has 0 N–H and O–H groups in total. The Hall–Kier alpha value is -3.24. The number of pyridine rings is 1. The maximum absolute atomic E-state index is 4.90. The highest BCUT2D eigenvalue weighted by atomic mass is 15.3. The fraction of sp³-hybridized carbons (Fsp3) is 0.259. The second-order valence-electron chi connectivity index (χ2n) is 8.15. The molecule has 0 spiro atoms. The molecule has 4 aromatic rings. The first-order chi connectivity index (χ1) is 15.1. The van der Waals surface area contributed by atoms with Crippen LogP contribution in [-0.4, -0.2) is 26.2 Å². The van der Waals surface area contributed by atoms with Crippen LogP contribution in [0.4, 0.5) is 0 Å². The van der Waals surface area contributed by atoms with E-state index >= 15 is 0 Å². The van der Waals surface area contributed by atoms with Crippen LogP contribution in [0.15, 0.2) is 79.1 Å². The molecule has 158 valence electrons. The van der Waals surface area contributed by atoms with Gasteiger partial charge in [-0.15, -0.1) is 0 Å². The van der Waals surface area contributed by atoms with E-state index in [1.54, 1.807) is 0 Å². The lowest BCUT2D eigenvalue weighted by Crippen LogP contribution is -2.26. The Bertz CT molecular complexity index is 1120. The van der Waals surface area contributed by atoms with Crippen molar-refractivity contribution in [2.75, 3.05) is 6.54 Å². The van der Waals surface area contributed by atoms with Gasteiger partial charge in [-0.2, -0.15) is 5.10 Å². The van der Waals surface area contributed by atoms with Crippen molar-refractivity contribution in [2.24, 2.45) is 0 Å². The van der Waals surface area contributed by atoms with Crippen molar-refractivity contribution in [1.29, 1.82) is 0 Å². The van der Waals surface area contributed by atoms with E-state index in [9.17, 15) is 0 Å². The summed E-state index contributed by atoms with van der Waals surface area (Å²) in [7, 11) is 0. The molecule has 0 atom stereocenters. The summed E-state index contributed by atoms with van der Waals surface area (Å²) >= 11 is 0. The summed E-state index contributed by atoms with van der Waals surface area (Å²) in [5.41, 5.74) is 8.66. The molecule has 0 saturated carbocycles. The molecule has 0 unspecified atom stereocenters. The highest BCUT2D eigenvalue weighted by Crippen LogP contribution is 2.22. The number of para-hydroxylation sites is 1. The highest BCUT2D eigenvalue weighted by Gasteiger charge is 2.17. The fourth-order valence-electron chi connectivity index (χ4n) is 4.06. The van der Waals surface area contributed by atoms with Gasteiger partial charge in [-0.3, -0.25) is 9.88 Å². The molecule has 0 fully saturated rings. The number of aryl methyl sites for hydroxylation is 2. The number of hydrogen-bond acceptors (Lipinski definition) is 3. The Labute approximate surface area is 185 Å². The summed E-state index contributed by atoms with van der Waals surface area (Å²) in [5, 5.41) is 4.90. The van der Waals surface area contributed by atoms with Crippen LogP contribution in [-0.2, 0) is 19.5 Å². The second kappa shape index (κ2) is 9.71. The smallest absolute Gasteiger partial charge is 0.0678 e. The first-order valence-corrected chi connectivity index (χ1v) is 10.9. The van der Waals surface area contributed by atoms with Crippen molar-refractivity contribution in [3.63, 3.8) is 0 Å². The lowest BCUT2D eigenvalue weighted by Gasteiger charge is -2.23. The van der Waals surface area contributed by atoms with Crippen molar-refractivity contribution in [3.8, 4) is 5.69 Å². The van der Waals surface area contributed by atoms with E-state index in [0.29, 0.717) is 0 Å². The zero-order valence-electron chi connectivity index (χ0n) is 18.6. The van der Waals surface area contributed by atoms with Crippen LogP contribution in [0.2, 0.25) is 0 Å². The van der Waals surface area contributed by atoms with E-state index in [0.717, 1.165) is 37.4 Å². The lowest BCUT2D eigenvalue weighted by atomic mass is 10.1. The SMILES string of the molecule is Cc1ccccc1-n1nc(C)c(CN(CCc2ccccc2)Cc2ccncc2)c1C. The van der Waals surface area contributed by atoms with Gasteiger partial charge in [0.2, 0.25) is 0 Å². The zero-order chi connectivity index (χ0) is 21.6. The summed E-state index contributed by atoms with van der Waals surface area (Å²) in [6.45, 7) is 9.20. The van der Waals surface area contributed by atoms with Crippen LogP contribution >= 0.6 is 0 Å². The molecule has 0 amide bonds. The van der Waals surface area contributed by atoms with Crippen molar-refractivity contribution in [3.05, 3.63) is 113 Å². The topological polar surface area (TPSA) is 34.0 Å². The molecule has 4 heteroatoms. The predicted octanol–water partition coefficient (Wildman–Crippen LogP) is 5.44. The number of nitrogens with zero attached hydrogens (tertiary/aromatic N) is 4. The van der Waals surface area contributed by atoms with Gasteiger partial charge in [-0.1, -0.05) is 48.5 Å². The van der Waals surface area contributed by atoms with Crippen LogP contribution in [0.25, 0.3) is 5.69 Å². The molecule has 2 aromatic carbocycles. The summed E-state index contributed by atoms with van der Waals surface area (Å²) in [6, 6.07) is 23.4. The molecule has 0 aliphatic heterocycles. The molecule has 2 heterocycles. The maximum atomic E-state index is 4.90. The highest BCUT2D eigenvalue weighted by molar-refractivity contribution is 5.42. The molecule has 0 radical (unpaired) electrons. The van der Waals surface area contributed by atoms with Crippen LogP contribution < -0.4 is 0 Å². The second-order valence-corrected chi connectivity index (χ2v) is 8.15. The fourth-order valence-corrected chi connectivity index (χ4v) is 4.06. The molecular formula is C27H30N4. The van der Waals surface area contributed by atoms with E-state index in [4.69, 9.17) is 5.10 Å². The number of benzene rings is 2. The Kier molecular flexibility index (Phi) is 6.58. The average Bonchev–Trinajstić information content (AvgIpc) is 3.07. The van der Waals surface area contributed by atoms with E-state index in [-0.39, 0.29) is 0 Å². The first kappa shape index (κ1) is 21.0. The Morgan fingerprint density at radius 1 is 0.774 bits per heavy atom. The Balaban J connectivity index is 1.59. The summed E-state index contributed by atoms with van der Waals surface area (Å²) in [4.78, 5) is 6.69. The standard InChI is InChI=1S/C27H30N4/c1-21-9-7-8-12-27(21)31-23(3)26(22(2)29-31)20-30(19-25-13-16-28-17-14-25)18-15-24-10-5-4-6-11-24/h4-14,16-17H,15,18-20H2,1-3H3. The zero-order valence-corrected chi connectivity index (χ0v) is 18.6. The van der Waals surface area contributed by atoms with E-state index in [2.05, 4.69) is 102 Å². The van der Waals surface area contributed by atoms with Crippen molar-refractivity contribution in [2.45, 2.75) is 40.3 Å². The lowest BCUT2D eigenvalue weighted by molar-refractivity contribution is 0.259.